The first-order valence-corrected chi connectivity index (χ1v) is 6.87. The summed E-state index contributed by atoms with van der Waals surface area (Å²) in [4.78, 5) is 29.7. The lowest BCUT2D eigenvalue weighted by Gasteiger charge is -2.05. The molecule has 0 aliphatic carbocycles. The Morgan fingerprint density at radius 2 is 1.62 bits per heavy atom. The molecular weight excluding hydrogens is 314 g/mol. The van der Waals surface area contributed by atoms with Crippen molar-refractivity contribution in [2.75, 3.05) is 0 Å². The Hall–Kier alpha value is -3.68. The summed E-state index contributed by atoms with van der Waals surface area (Å²) in [5.41, 5.74) is 0.355. The second-order valence-electron chi connectivity index (χ2n) is 5.23. The predicted octanol–water partition coefficient (Wildman–Crippen LogP) is 1.11. The van der Waals surface area contributed by atoms with Crippen molar-refractivity contribution in [2.45, 2.75) is 0 Å². The Balaban J connectivity index is 2.00. The molecule has 3 aromatic rings. The smallest absolute Gasteiger partial charge is 0.368 e. The fraction of sp³-hybridized carbons (Fsp3) is 0. The van der Waals surface area contributed by atoms with Crippen LogP contribution in [-0.4, -0.2) is 31.9 Å². The standard InChI is InChI=1S/C16H9N3O5/c20-13-9-3-1-7(15(22)23)5-10(9)14(21)19(13)8-2-4-11-12(6-8)18-16(24)17-11/h1-6,20-21H,(H,22,23). The number of rotatable bonds is 2. The van der Waals surface area contributed by atoms with Gasteiger partial charge in [0.2, 0.25) is 11.8 Å². The third-order valence-corrected chi connectivity index (χ3v) is 3.82. The van der Waals surface area contributed by atoms with Gasteiger partial charge in [0.05, 0.1) is 22.0 Å². The van der Waals surface area contributed by atoms with Crippen LogP contribution in [0.2, 0.25) is 0 Å². The normalized spacial score (nSPS) is 12.8. The highest BCUT2D eigenvalue weighted by atomic mass is 16.4. The minimum atomic E-state index is -1.14. The first-order chi connectivity index (χ1) is 11.5. The van der Waals surface area contributed by atoms with Gasteiger partial charge in [0, 0.05) is 10.8 Å². The van der Waals surface area contributed by atoms with E-state index in [9.17, 15) is 19.8 Å². The number of aromatic nitrogens is 1. The van der Waals surface area contributed by atoms with Gasteiger partial charge in [0.1, 0.15) is 0 Å². The lowest BCUT2D eigenvalue weighted by atomic mass is 10.1. The largest absolute Gasteiger partial charge is 0.494 e. The zero-order valence-electron chi connectivity index (χ0n) is 12.0. The van der Waals surface area contributed by atoms with Crippen LogP contribution in [0.15, 0.2) is 46.4 Å². The second kappa shape index (κ2) is 4.66. The molecule has 3 N–H and O–H groups in total. The predicted molar refractivity (Wildman–Crippen MR) is 81.3 cm³/mol. The summed E-state index contributed by atoms with van der Waals surface area (Å²) in [5.74, 6) is -1.70. The van der Waals surface area contributed by atoms with E-state index in [4.69, 9.17) is 5.11 Å². The van der Waals surface area contributed by atoms with Crippen LogP contribution in [0.1, 0.15) is 10.4 Å². The molecule has 2 heterocycles. The zero-order valence-corrected chi connectivity index (χ0v) is 12.0. The maximum absolute atomic E-state index is 11.2. The van der Waals surface area contributed by atoms with Crippen LogP contribution in [-0.2, 0) is 0 Å². The molecule has 0 spiro atoms. The Bertz CT molecular complexity index is 1180. The van der Waals surface area contributed by atoms with Gasteiger partial charge in [-0.05, 0) is 36.4 Å². The van der Waals surface area contributed by atoms with Gasteiger partial charge < -0.3 is 15.3 Å². The average molecular weight is 323 g/mol. The number of nitrogens with zero attached hydrogens (tertiary/aromatic N) is 3. The zero-order chi connectivity index (χ0) is 17.0. The molecule has 0 saturated heterocycles. The van der Waals surface area contributed by atoms with E-state index in [0.29, 0.717) is 21.8 Å². The summed E-state index contributed by atoms with van der Waals surface area (Å²) in [6.07, 6.45) is 0. The fourth-order valence-corrected chi connectivity index (χ4v) is 2.71. The number of urea groups is 1. The SMILES string of the molecule is O=C1N=c2ccc(-n3c(O)c4ccc(C(=O)O)cc4c3O)cc2=N1. The van der Waals surface area contributed by atoms with Gasteiger partial charge in [-0.25, -0.2) is 9.59 Å². The molecule has 8 nitrogen and oxygen atoms in total. The van der Waals surface area contributed by atoms with Crippen LogP contribution in [0.5, 0.6) is 11.8 Å². The molecule has 0 saturated carbocycles. The first kappa shape index (κ1) is 13.9. The van der Waals surface area contributed by atoms with E-state index in [-0.39, 0.29) is 22.7 Å². The molecule has 24 heavy (non-hydrogen) atoms. The Kier molecular flexibility index (Phi) is 2.71. The van der Waals surface area contributed by atoms with E-state index >= 15 is 0 Å². The van der Waals surface area contributed by atoms with Crippen LogP contribution >= 0.6 is 0 Å². The molecule has 0 radical (unpaired) electrons. The molecule has 0 atom stereocenters. The molecule has 1 aliphatic rings. The Morgan fingerprint density at radius 3 is 2.38 bits per heavy atom. The van der Waals surface area contributed by atoms with Crippen molar-refractivity contribution in [2.24, 2.45) is 9.98 Å². The van der Waals surface area contributed by atoms with Crippen molar-refractivity contribution in [3.05, 3.63) is 52.7 Å². The van der Waals surface area contributed by atoms with Crippen LogP contribution in [0.25, 0.3) is 16.5 Å². The highest BCUT2D eigenvalue weighted by Gasteiger charge is 2.19. The number of carbonyl (C=O) groups is 2. The topological polar surface area (TPSA) is 124 Å². The molecular formula is C16H9N3O5. The van der Waals surface area contributed by atoms with Crippen molar-refractivity contribution in [1.82, 2.24) is 4.57 Å². The van der Waals surface area contributed by atoms with Gasteiger partial charge in [-0.15, -0.1) is 0 Å². The highest BCUT2D eigenvalue weighted by molar-refractivity contribution is 5.99. The maximum Gasteiger partial charge on any atom is 0.368 e. The number of benzene rings is 2. The van der Waals surface area contributed by atoms with Crippen molar-refractivity contribution in [3.63, 3.8) is 0 Å². The minimum Gasteiger partial charge on any atom is -0.494 e. The van der Waals surface area contributed by atoms with Crippen LogP contribution in [0.3, 0.4) is 0 Å². The number of carboxylic acids is 1. The number of fused-ring (bicyclic) bond motifs is 2. The van der Waals surface area contributed by atoms with Gasteiger partial charge in [0.25, 0.3) is 0 Å². The summed E-state index contributed by atoms with van der Waals surface area (Å²) >= 11 is 0. The third kappa shape index (κ3) is 1.86. The summed E-state index contributed by atoms with van der Waals surface area (Å²) in [5, 5.41) is 31.1. The van der Waals surface area contributed by atoms with Crippen molar-refractivity contribution in [1.29, 1.82) is 0 Å². The molecule has 0 unspecified atom stereocenters. The number of hydrogen-bond donors (Lipinski definition) is 3. The van der Waals surface area contributed by atoms with Gasteiger partial charge >= 0.3 is 12.0 Å². The van der Waals surface area contributed by atoms with Crippen molar-refractivity contribution >= 4 is 22.8 Å². The van der Waals surface area contributed by atoms with E-state index in [1.165, 1.54) is 24.3 Å². The summed E-state index contributed by atoms with van der Waals surface area (Å²) < 4.78 is 1.15. The molecule has 0 bridgehead atoms. The summed E-state index contributed by atoms with van der Waals surface area (Å²) in [6.45, 7) is 0. The van der Waals surface area contributed by atoms with E-state index in [2.05, 4.69) is 9.98 Å². The molecule has 4 rings (SSSR count). The molecule has 2 amide bonds. The van der Waals surface area contributed by atoms with E-state index in [0.717, 1.165) is 4.57 Å². The lowest BCUT2D eigenvalue weighted by molar-refractivity contribution is 0.0697. The Morgan fingerprint density at radius 1 is 0.917 bits per heavy atom. The lowest BCUT2D eigenvalue weighted by Crippen LogP contribution is -2.21. The molecule has 2 aromatic carbocycles. The number of carboxylic acid groups (broad SMARTS) is 1. The number of hydrogen-bond acceptors (Lipinski definition) is 4. The fourth-order valence-electron chi connectivity index (χ4n) is 2.71. The Labute approximate surface area is 133 Å². The molecule has 8 heteroatoms. The minimum absolute atomic E-state index is 0.0108. The molecule has 118 valence electrons. The number of amides is 2. The van der Waals surface area contributed by atoms with Crippen molar-refractivity contribution < 1.29 is 24.9 Å². The second-order valence-corrected chi connectivity index (χ2v) is 5.23. The summed E-state index contributed by atoms with van der Waals surface area (Å²) in [6, 6.07) is 8.03. The van der Waals surface area contributed by atoms with Gasteiger partial charge in [-0.1, -0.05) is 0 Å². The maximum atomic E-state index is 11.2. The van der Waals surface area contributed by atoms with E-state index in [1.807, 2.05) is 0 Å². The monoisotopic (exact) mass is 323 g/mol. The number of aromatic carboxylic acids is 1. The van der Waals surface area contributed by atoms with Crippen LogP contribution in [0, 0.1) is 0 Å². The van der Waals surface area contributed by atoms with Gasteiger partial charge in [0.15, 0.2) is 0 Å². The van der Waals surface area contributed by atoms with E-state index in [1.54, 1.807) is 12.1 Å². The molecule has 1 aliphatic heterocycles. The van der Waals surface area contributed by atoms with Crippen molar-refractivity contribution in [3.8, 4) is 17.4 Å². The van der Waals surface area contributed by atoms with Gasteiger partial charge in [-0.3, -0.25) is 4.57 Å². The highest BCUT2D eigenvalue weighted by Crippen LogP contribution is 2.38. The van der Waals surface area contributed by atoms with E-state index < -0.39 is 12.0 Å². The first-order valence-electron chi connectivity index (χ1n) is 6.87. The third-order valence-electron chi connectivity index (χ3n) is 3.82. The van der Waals surface area contributed by atoms with Crippen LogP contribution in [0.4, 0.5) is 4.79 Å². The van der Waals surface area contributed by atoms with Gasteiger partial charge in [-0.2, -0.15) is 9.98 Å². The number of carbonyl (C=O) groups excluding carboxylic acids is 1. The summed E-state index contributed by atoms with van der Waals surface area (Å²) in [7, 11) is 0. The average Bonchev–Trinajstić information content (AvgIpc) is 3.04. The molecule has 0 fully saturated rings. The quantitative estimate of drug-likeness (QED) is 0.651. The number of aromatic hydroxyl groups is 2. The van der Waals surface area contributed by atoms with Crippen LogP contribution < -0.4 is 10.7 Å². The molecule has 1 aromatic heterocycles.